The molecule has 0 aliphatic carbocycles. The highest BCUT2D eigenvalue weighted by molar-refractivity contribution is 9.13. The third-order valence-electron chi connectivity index (χ3n) is 1.35. The summed E-state index contributed by atoms with van der Waals surface area (Å²) < 4.78 is 2.05. The SMILES string of the molecule is S=C=NCc1cccc(Br)c1Br. The molecule has 0 spiro atoms. The second-order valence-electron chi connectivity index (χ2n) is 2.12. The van der Waals surface area contributed by atoms with Gasteiger partial charge >= 0.3 is 0 Å². The van der Waals surface area contributed by atoms with Crippen molar-refractivity contribution in [2.24, 2.45) is 4.99 Å². The molecular formula is C8H5Br2NS. The van der Waals surface area contributed by atoms with Gasteiger partial charge in [-0.2, -0.15) is 0 Å². The van der Waals surface area contributed by atoms with Crippen LogP contribution in [0.25, 0.3) is 0 Å². The van der Waals surface area contributed by atoms with Crippen LogP contribution in [0.15, 0.2) is 32.1 Å². The molecule has 1 rings (SSSR count). The lowest BCUT2D eigenvalue weighted by Gasteiger charge is -2.01. The summed E-state index contributed by atoms with van der Waals surface area (Å²) in [6.45, 7) is 0.573. The molecule has 1 aromatic carbocycles. The molecule has 0 N–H and O–H groups in total. The van der Waals surface area contributed by atoms with Gasteiger partial charge < -0.3 is 0 Å². The Hall–Kier alpha value is -0.0200. The zero-order chi connectivity index (χ0) is 8.97. The Bertz CT molecular complexity index is 332. The van der Waals surface area contributed by atoms with Crippen LogP contribution in [0.2, 0.25) is 0 Å². The Morgan fingerprint density at radius 3 is 2.83 bits per heavy atom. The van der Waals surface area contributed by atoms with E-state index in [0.29, 0.717) is 6.54 Å². The van der Waals surface area contributed by atoms with Gasteiger partial charge in [0, 0.05) is 8.95 Å². The Morgan fingerprint density at radius 1 is 1.42 bits per heavy atom. The van der Waals surface area contributed by atoms with Crippen molar-refractivity contribution < 1.29 is 0 Å². The van der Waals surface area contributed by atoms with Crippen molar-refractivity contribution in [2.45, 2.75) is 6.54 Å². The monoisotopic (exact) mass is 305 g/mol. The van der Waals surface area contributed by atoms with Gasteiger partial charge in [0.25, 0.3) is 0 Å². The molecule has 0 aliphatic rings. The van der Waals surface area contributed by atoms with E-state index in [9.17, 15) is 0 Å². The van der Waals surface area contributed by atoms with Crippen LogP contribution >= 0.6 is 44.1 Å². The molecule has 0 aliphatic heterocycles. The Kier molecular flexibility index (Phi) is 4.09. The average Bonchev–Trinajstić information content (AvgIpc) is 2.08. The van der Waals surface area contributed by atoms with Gasteiger partial charge in [0.1, 0.15) is 0 Å². The molecule has 0 amide bonds. The van der Waals surface area contributed by atoms with Crippen LogP contribution in [-0.2, 0) is 6.54 Å². The van der Waals surface area contributed by atoms with E-state index in [2.05, 4.69) is 54.2 Å². The van der Waals surface area contributed by atoms with E-state index in [1.165, 1.54) is 0 Å². The molecule has 1 nitrogen and oxygen atoms in total. The van der Waals surface area contributed by atoms with E-state index in [-0.39, 0.29) is 0 Å². The van der Waals surface area contributed by atoms with Gasteiger partial charge in [-0.25, -0.2) is 4.99 Å². The first-order valence-corrected chi connectivity index (χ1v) is 5.21. The number of halogens is 2. The summed E-state index contributed by atoms with van der Waals surface area (Å²) in [6.07, 6.45) is 0. The van der Waals surface area contributed by atoms with Crippen molar-refractivity contribution in [3.8, 4) is 0 Å². The lowest BCUT2D eigenvalue weighted by Crippen LogP contribution is -1.83. The summed E-state index contributed by atoms with van der Waals surface area (Å²) in [5, 5.41) is 2.34. The van der Waals surface area contributed by atoms with Crippen molar-refractivity contribution in [3.05, 3.63) is 32.7 Å². The molecule has 12 heavy (non-hydrogen) atoms. The first-order chi connectivity index (χ1) is 5.75. The number of nitrogens with zero attached hydrogens (tertiary/aromatic N) is 1. The molecular weight excluding hydrogens is 302 g/mol. The minimum absolute atomic E-state index is 0.573. The Balaban J connectivity index is 2.99. The fourth-order valence-corrected chi connectivity index (χ4v) is 1.65. The zero-order valence-corrected chi connectivity index (χ0v) is 10.0. The highest BCUT2D eigenvalue weighted by Gasteiger charge is 2.00. The normalized spacial score (nSPS) is 9.17. The number of hydrogen-bond donors (Lipinski definition) is 0. The third-order valence-corrected chi connectivity index (χ3v) is 3.60. The van der Waals surface area contributed by atoms with Crippen LogP contribution in [0.1, 0.15) is 5.56 Å². The fraction of sp³-hybridized carbons (Fsp3) is 0.125. The van der Waals surface area contributed by atoms with E-state index >= 15 is 0 Å². The first kappa shape index (κ1) is 10.1. The lowest BCUT2D eigenvalue weighted by molar-refractivity contribution is 1.07. The summed E-state index contributed by atoms with van der Waals surface area (Å²) in [4.78, 5) is 3.86. The molecule has 0 bridgehead atoms. The number of rotatable bonds is 2. The fourth-order valence-electron chi connectivity index (χ4n) is 0.788. The highest BCUT2D eigenvalue weighted by atomic mass is 79.9. The summed E-state index contributed by atoms with van der Waals surface area (Å²) in [7, 11) is 0. The van der Waals surface area contributed by atoms with Crippen molar-refractivity contribution in [2.75, 3.05) is 0 Å². The molecule has 0 saturated heterocycles. The van der Waals surface area contributed by atoms with Crippen molar-refractivity contribution in [1.82, 2.24) is 0 Å². The molecule has 4 heteroatoms. The van der Waals surface area contributed by atoms with Crippen LogP contribution < -0.4 is 0 Å². The van der Waals surface area contributed by atoms with Crippen molar-refractivity contribution >= 4 is 49.2 Å². The average molecular weight is 307 g/mol. The topological polar surface area (TPSA) is 12.4 Å². The number of aliphatic imine (C=N–C) groups is 1. The van der Waals surface area contributed by atoms with E-state index in [1.54, 1.807) is 0 Å². The quantitative estimate of drug-likeness (QED) is 0.598. The molecule has 0 aromatic heterocycles. The summed E-state index contributed by atoms with van der Waals surface area (Å²) in [5.41, 5.74) is 1.10. The number of thiocarbonyl (C=S) groups is 1. The van der Waals surface area contributed by atoms with Gasteiger partial charge in [0.05, 0.1) is 11.7 Å². The molecule has 0 unspecified atom stereocenters. The second kappa shape index (κ2) is 4.87. The molecule has 62 valence electrons. The van der Waals surface area contributed by atoms with Crippen LogP contribution in [-0.4, -0.2) is 5.16 Å². The zero-order valence-electron chi connectivity index (χ0n) is 6.05. The highest BCUT2D eigenvalue weighted by Crippen LogP contribution is 2.26. The minimum Gasteiger partial charge on any atom is -0.228 e. The van der Waals surface area contributed by atoms with Crippen molar-refractivity contribution in [1.29, 1.82) is 0 Å². The minimum atomic E-state index is 0.573. The molecule has 0 atom stereocenters. The van der Waals surface area contributed by atoms with Gasteiger partial charge in [0.15, 0.2) is 0 Å². The maximum Gasteiger partial charge on any atom is 0.0754 e. The number of benzene rings is 1. The second-order valence-corrected chi connectivity index (χ2v) is 3.95. The maximum atomic E-state index is 4.48. The molecule has 0 fully saturated rings. The standard InChI is InChI=1S/C8H5Br2NS/c9-7-3-1-2-6(8(7)10)4-11-5-12/h1-3H,4H2. The summed E-state index contributed by atoms with van der Waals surface area (Å²) in [6, 6.07) is 5.92. The molecule has 0 radical (unpaired) electrons. The van der Waals surface area contributed by atoms with Gasteiger partial charge in [-0.1, -0.05) is 12.1 Å². The van der Waals surface area contributed by atoms with E-state index in [0.717, 1.165) is 14.5 Å². The predicted molar refractivity (Wildman–Crippen MR) is 60.6 cm³/mol. The van der Waals surface area contributed by atoms with E-state index in [1.807, 2.05) is 18.2 Å². The Morgan fingerprint density at radius 2 is 2.17 bits per heavy atom. The van der Waals surface area contributed by atoms with Crippen LogP contribution in [0, 0.1) is 0 Å². The summed E-state index contributed by atoms with van der Waals surface area (Å²) in [5.74, 6) is 0. The molecule has 0 saturated carbocycles. The molecule has 0 heterocycles. The van der Waals surface area contributed by atoms with Gasteiger partial charge in [-0.05, 0) is 55.7 Å². The largest absolute Gasteiger partial charge is 0.228 e. The number of isothiocyanates is 1. The van der Waals surface area contributed by atoms with Crippen LogP contribution in [0.4, 0.5) is 0 Å². The molecule has 1 aromatic rings. The van der Waals surface area contributed by atoms with Crippen LogP contribution in [0.3, 0.4) is 0 Å². The van der Waals surface area contributed by atoms with Gasteiger partial charge in [0.2, 0.25) is 0 Å². The van der Waals surface area contributed by atoms with E-state index in [4.69, 9.17) is 0 Å². The van der Waals surface area contributed by atoms with E-state index < -0.39 is 0 Å². The van der Waals surface area contributed by atoms with Gasteiger partial charge in [-0.3, -0.25) is 0 Å². The maximum absolute atomic E-state index is 4.48. The number of hydrogen-bond acceptors (Lipinski definition) is 2. The third kappa shape index (κ3) is 2.49. The Labute approximate surface area is 93.2 Å². The van der Waals surface area contributed by atoms with Crippen LogP contribution in [0.5, 0.6) is 0 Å². The smallest absolute Gasteiger partial charge is 0.0754 e. The first-order valence-electron chi connectivity index (χ1n) is 3.22. The predicted octanol–water partition coefficient (Wildman–Crippen LogP) is 3.81. The van der Waals surface area contributed by atoms with Crippen molar-refractivity contribution in [3.63, 3.8) is 0 Å². The summed E-state index contributed by atoms with van der Waals surface area (Å²) >= 11 is 11.3. The lowest BCUT2D eigenvalue weighted by atomic mass is 10.2. The van der Waals surface area contributed by atoms with Gasteiger partial charge in [-0.15, -0.1) is 0 Å².